The molecule has 0 aliphatic heterocycles. The Morgan fingerprint density at radius 3 is 2.50 bits per heavy atom. The number of nitrogens with one attached hydrogen (secondary N) is 1. The minimum absolute atomic E-state index is 0.0819. The zero-order valence-electron chi connectivity index (χ0n) is 23.1. The Morgan fingerprint density at radius 2 is 1.70 bits per heavy atom. The molecule has 9 heteroatoms. The maximum Gasteiger partial charge on any atom is 0.252 e. The van der Waals surface area contributed by atoms with E-state index in [4.69, 9.17) is 9.47 Å². The highest BCUT2D eigenvalue weighted by Crippen LogP contribution is 2.28. The van der Waals surface area contributed by atoms with Gasteiger partial charge in [-0.05, 0) is 70.5 Å². The number of aromatic nitrogens is 5. The molecule has 40 heavy (non-hydrogen) atoms. The van der Waals surface area contributed by atoms with Crippen molar-refractivity contribution in [3.8, 4) is 11.5 Å². The number of ether oxygens (including phenoxy) is 2. The Morgan fingerprint density at radius 1 is 0.875 bits per heavy atom. The molecule has 2 heterocycles. The topological polar surface area (TPSA) is 98.2 Å². The molecule has 0 atom stereocenters. The SMILES string of the molecule is COc1ccc(CCN(Cc2cc3cccc(C)c3[nH]c2=O)Cc2nnnn2CCc2ccccc2)cc1OC. The number of tetrazole rings is 1. The number of rotatable bonds is 12. The predicted molar refractivity (Wildman–Crippen MR) is 155 cm³/mol. The van der Waals surface area contributed by atoms with Crippen LogP contribution in [0.15, 0.2) is 77.6 Å². The van der Waals surface area contributed by atoms with Crippen LogP contribution in [0.1, 0.15) is 28.1 Å². The first-order valence-corrected chi connectivity index (χ1v) is 13.4. The van der Waals surface area contributed by atoms with E-state index < -0.39 is 0 Å². The number of fused-ring (bicyclic) bond motifs is 1. The second-order valence-corrected chi connectivity index (χ2v) is 9.87. The van der Waals surface area contributed by atoms with Crippen molar-refractivity contribution >= 4 is 10.9 Å². The Kier molecular flexibility index (Phi) is 8.51. The number of para-hydroxylation sites is 1. The van der Waals surface area contributed by atoms with Gasteiger partial charge in [-0.3, -0.25) is 9.69 Å². The summed E-state index contributed by atoms with van der Waals surface area (Å²) in [5, 5.41) is 13.6. The summed E-state index contributed by atoms with van der Waals surface area (Å²) in [6.45, 7) is 4.32. The molecule has 0 amide bonds. The number of aryl methyl sites for hydroxylation is 3. The molecular formula is C31H34N6O3. The van der Waals surface area contributed by atoms with Crippen LogP contribution in [0.5, 0.6) is 11.5 Å². The molecule has 0 aliphatic rings. The van der Waals surface area contributed by atoms with Crippen molar-refractivity contribution in [3.05, 3.63) is 111 Å². The lowest BCUT2D eigenvalue weighted by Crippen LogP contribution is -2.30. The van der Waals surface area contributed by atoms with Crippen LogP contribution in [-0.2, 0) is 32.5 Å². The molecule has 206 valence electrons. The highest BCUT2D eigenvalue weighted by molar-refractivity contribution is 5.81. The third kappa shape index (κ3) is 6.38. The number of nitrogens with zero attached hydrogens (tertiary/aromatic N) is 5. The first-order chi connectivity index (χ1) is 19.5. The van der Waals surface area contributed by atoms with Crippen molar-refractivity contribution in [2.45, 2.75) is 39.4 Å². The van der Waals surface area contributed by atoms with Gasteiger partial charge in [0.15, 0.2) is 17.3 Å². The molecule has 0 bridgehead atoms. The summed E-state index contributed by atoms with van der Waals surface area (Å²) in [4.78, 5) is 18.4. The molecule has 0 aliphatic carbocycles. The summed E-state index contributed by atoms with van der Waals surface area (Å²) in [5.41, 5.74) is 4.87. The van der Waals surface area contributed by atoms with Crippen molar-refractivity contribution in [2.24, 2.45) is 0 Å². The van der Waals surface area contributed by atoms with Crippen molar-refractivity contribution < 1.29 is 9.47 Å². The quantitative estimate of drug-likeness (QED) is 0.253. The van der Waals surface area contributed by atoms with Gasteiger partial charge in [0.25, 0.3) is 5.56 Å². The second kappa shape index (κ2) is 12.6. The van der Waals surface area contributed by atoms with E-state index in [1.807, 2.05) is 72.3 Å². The van der Waals surface area contributed by atoms with Gasteiger partial charge >= 0.3 is 0 Å². The molecule has 0 fully saturated rings. The molecule has 0 saturated carbocycles. The molecule has 5 aromatic rings. The standard InChI is InChI=1S/C31H34N6O3/c1-22-8-7-11-25-19-26(31(38)32-30(22)25)20-36(16-14-24-12-13-27(39-2)28(18-24)40-3)21-29-33-34-35-37(29)17-15-23-9-5-4-6-10-23/h4-13,18-19H,14-17,20-21H2,1-3H3,(H,32,38). The van der Waals surface area contributed by atoms with Crippen LogP contribution in [0.2, 0.25) is 0 Å². The summed E-state index contributed by atoms with van der Waals surface area (Å²) >= 11 is 0. The fourth-order valence-corrected chi connectivity index (χ4v) is 4.91. The third-order valence-electron chi connectivity index (χ3n) is 7.15. The molecule has 0 spiro atoms. The number of H-pyrrole nitrogens is 1. The van der Waals surface area contributed by atoms with E-state index in [2.05, 4.69) is 37.5 Å². The van der Waals surface area contributed by atoms with E-state index in [1.54, 1.807) is 14.2 Å². The molecule has 0 saturated heterocycles. The second-order valence-electron chi connectivity index (χ2n) is 9.87. The molecule has 3 aromatic carbocycles. The number of pyridine rings is 1. The lowest BCUT2D eigenvalue weighted by atomic mass is 10.1. The smallest absolute Gasteiger partial charge is 0.252 e. The lowest BCUT2D eigenvalue weighted by molar-refractivity contribution is 0.247. The van der Waals surface area contributed by atoms with Crippen molar-refractivity contribution in [1.82, 2.24) is 30.1 Å². The van der Waals surface area contributed by atoms with Gasteiger partial charge in [-0.15, -0.1) is 5.10 Å². The van der Waals surface area contributed by atoms with Crippen LogP contribution in [-0.4, -0.2) is 50.9 Å². The van der Waals surface area contributed by atoms with E-state index in [0.717, 1.165) is 40.7 Å². The van der Waals surface area contributed by atoms with Gasteiger partial charge in [-0.1, -0.05) is 54.6 Å². The fourth-order valence-electron chi connectivity index (χ4n) is 4.91. The van der Waals surface area contributed by atoms with Crippen LogP contribution < -0.4 is 15.0 Å². The maximum atomic E-state index is 13.1. The van der Waals surface area contributed by atoms with Crippen molar-refractivity contribution in [2.75, 3.05) is 20.8 Å². The Bertz CT molecular complexity index is 1630. The number of aromatic amines is 1. The van der Waals surface area contributed by atoms with Gasteiger partial charge in [0.1, 0.15) is 0 Å². The zero-order valence-corrected chi connectivity index (χ0v) is 23.1. The van der Waals surface area contributed by atoms with E-state index in [1.165, 1.54) is 5.56 Å². The molecule has 9 nitrogen and oxygen atoms in total. The Balaban J connectivity index is 1.38. The molecule has 0 radical (unpaired) electrons. The van der Waals surface area contributed by atoms with Gasteiger partial charge in [0.2, 0.25) is 0 Å². The van der Waals surface area contributed by atoms with E-state index in [-0.39, 0.29) is 5.56 Å². The molecule has 5 rings (SSSR count). The van der Waals surface area contributed by atoms with E-state index in [9.17, 15) is 4.79 Å². The van der Waals surface area contributed by atoms with Crippen molar-refractivity contribution in [1.29, 1.82) is 0 Å². The summed E-state index contributed by atoms with van der Waals surface area (Å²) in [6.07, 6.45) is 1.57. The van der Waals surface area contributed by atoms with Gasteiger partial charge < -0.3 is 14.5 Å². The Labute approximate surface area is 233 Å². The van der Waals surface area contributed by atoms with E-state index >= 15 is 0 Å². The highest BCUT2D eigenvalue weighted by Gasteiger charge is 2.16. The van der Waals surface area contributed by atoms with Crippen LogP contribution in [0.4, 0.5) is 0 Å². The maximum absolute atomic E-state index is 13.1. The predicted octanol–water partition coefficient (Wildman–Crippen LogP) is 4.33. The Hall–Kier alpha value is -4.50. The minimum atomic E-state index is -0.0819. The first kappa shape index (κ1) is 27.1. The zero-order chi connectivity index (χ0) is 27.9. The monoisotopic (exact) mass is 538 g/mol. The minimum Gasteiger partial charge on any atom is -0.493 e. The molecule has 2 aromatic heterocycles. The van der Waals surface area contributed by atoms with Gasteiger partial charge in [0, 0.05) is 25.2 Å². The normalized spacial score (nSPS) is 11.3. The average Bonchev–Trinajstić information content (AvgIpc) is 3.42. The average molecular weight is 539 g/mol. The number of benzene rings is 3. The van der Waals surface area contributed by atoms with Crippen LogP contribution in [0, 0.1) is 6.92 Å². The third-order valence-corrected chi connectivity index (χ3v) is 7.15. The van der Waals surface area contributed by atoms with Crippen LogP contribution >= 0.6 is 0 Å². The molecular weight excluding hydrogens is 504 g/mol. The number of hydrogen-bond donors (Lipinski definition) is 1. The van der Waals surface area contributed by atoms with Crippen LogP contribution in [0.3, 0.4) is 0 Å². The number of hydrogen-bond acceptors (Lipinski definition) is 7. The van der Waals surface area contributed by atoms with Gasteiger partial charge in [0.05, 0.1) is 26.3 Å². The summed E-state index contributed by atoms with van der Waals surface area (Å²) < 4.78 is 12.7. The fraction of sp³-hybridized carbons (Fsp3) is 0.290. The largest absolute Gasteiger partial charge is 0.493 e. The summed E-state index contributed by atoms with van der Waals surface area (Å²) in [6, 6.07) is 24.3. The highest BCUT2D eigenvalue weighted by atomic mass is 16.5. The van der Waals surface area contributed by atoms with Crippen molar-refractivity contribution in [3.63, 3.8) is 0 Å². The summed E-state index contributed by atoms with van der Waals surface area (Å²) in [7, 11) is 3.26. The number of methoxy groups -OCH3 is 2. The van der Waals surface area contributed by atoms with Crippen LogP contribution in [0.25, 0.3) is 10.9 Å². The van der Waals surface area contributed by atoms with Gasteiger partial charge in [-0.25, -0.2) is 4.68 Å². The van der Waals surface area contributed by atoms with Gasteiger partial charge in [-0.2, -0.15) is 0 Å². The van der Waals surface area contributed by atoms with E-state index in [0.29, 0.717) is 43.2 Å². The lowest BCUT2D eigenvalue weighted by Gasteiger charge is -2.22. The molecule has 0 unspecified atom stereocenters. The molecule has 1 N–H and O–H groups in total. The first-order valence-electron chi connectivity index (χ1n) is 13.4. The summed E-state index contributed by atoms with van der Waals surface area (Å²) in [5.74, 6) is 2.15.